The normalized spacial score (nSPS) is 14.3. The number of benzene rings is 4. The van der Waals surface area contributed by atoms with Gasteiger partial charge in [-0.2, -0.15) is 0 Å². The van der Waals surface area contributed by atoms with Crippen LogP contribution in [0, 0.1) is 20.8 Å². The molecular weight excluding hydrogens is 607 g/mol. The van der Waals surface area contributed by atoms with Crippen molar-refractivity contribution in [1.29, 1.82) is 0 Å². The van der Waals surface area contributed by atoms with E-state index in [0.29, 0.717) is 12.1 Å². The second-order valence-electron chi connectivity index (χ2n) is 12.7. The molecule has 0 heterocycles. The second-order valence-corrected chi connectivity index (χ2v) is 14.5. The number of hydrogen-bond donors (Lipinski definition) is 1. The summed E-state index contributed by atoms with van der Waals surface area (Å²) in [6, 6.07) is 30.4. The van der Waals surface area contributed by atoms with Crippen molar-refractivity contribution in [1.82, 2.24) is 10.2 Å². The van der Waals surface area contributed by atoms with Crippen LogP contribution in [0.3, 0.4) is 0 Å². The molecule has 0 radical (unpaired) electrons. The van der Waals surface area contributed by atoms with Crippen molar-refractivity contribution >= 4 is 27.5 Å². The van der Waals surface area contributed by atoms with E-state index in [-0.39, 0.29) is 23.4 Å². The van der Waals surface area contributed by atoms with Gasteiger partial charge in [-0.1, -0.05) is 109 Å². The summed E-state index contributed by atoms with van der Waals surface area (Å²) in [7, 11) is -4.14. The predicted molar refractivity (Wildman–Crippen MR) is 188 cm³/mol. The lowest BCUT2D eigenvalue weighted by Crippen LogP contribution is -2.55. The molecule has 0 spiro atoms. The van der Waals surface area contributed by atoms with Gasteiger partial charge in [0.05, 0.1) is 10.6 Å². The van der Waals surface area contributed by atoms with E-state index in [1.54, 1.807) is 41.3 Å². The third-order valence-electron chi connectivity index (χ3n) is 9.03. The SMILES string of the molecule is Cc1ccc(N(CC(=O)N(Cc2ccccc2C)[C@H](Cc2ccccc2)C(=O)NC2CCCCC2)S(=O)(=O)c2ccc(C)cc2)cc1. The van der Waals surface area contributed by atoms with Gasteiger partial charge in [0.1, 0.15) is 12.6 Å². The van der Waals surface area contributed by atoms with Crippen molar-refractivity contribution in [2.75, 3.05) is 10.8 Å². The van der Waals surface area contributed by atoms with Gasteiger partial charge in [-0.25, -0.2) is 8.42 Å². The Morgan fingerprint density at radius 3 is 2.00 bits per heavy atom. The zero-order valence-electron chi connectivity index (χ0n) is 27.6. The molecule has 0 bridgehead atoms. The fourth-order valence-electron chi connectivity index (χ4n) is 6.15. The molecule has 4 aromatic carbocycles. The first-order valence-electron chi connectivity index (χ1n) is 16.5. The number of nitrogens with one attached hydrogen (secondary N) is 1. The van der Waals surface area contributed by atoms with Crippen LogP contribution in [0.15, 0.2) is 108 Å². The van der Waals surface area contributed by atoms with Crippen LogP contribution in [0.25, 0.3) is 0 Å². The van der Waals surface area contributed by atoms with Crippen molar-refractivity contribution in [2.45, 2.75) is 82.8 Å². The van der Waals surface area contributed by atoms with Gasteiger partial charge in [-0.3, -0.25) is 13.9 Å². The molecule has 1 atom stereocenters. The Bertz CT molecular complexity index is 1750. The van der Waals surface area contributed by atoms with Crippen molar-refractivity contribution in [3.63, 3.8) is 0 Å². The second kappa shape index (κ2) is 15.4. The summed E-state index contributed by atoms with van der Waals surface area (Å²) in [5.41, 5.74) is 5.08. The molecule has 0 aromatic heterocycles. The maximum absolute atomic E-state index is 14.7. The Balaban J connectivity index is 1.56. The fourth-order valence-corrected chi connectivity index (χ4v) is 7.56. The fraction of sp³-hybridized carbons (Fsp3) is 0.333. The minimum absolute atomic E-state index is 0.0518. The highest BCUT2D eigenvalue weighted by Gasteiger charge is 2.35. The van der Waals surface area contributed by atoms with E-state index < -0.39 is 28.5 Å². The van der Waals surface area contributed by atoms with E-state index in [1.807, 2.05) is 87.5 Å². The molecule has 1 N–H and O–H groups in total. The Kier molecular flexibility index (Phi) is 11.1. The molecule has 8 heteroatoms. The Hall–Kier alpha value is -4.43. The van der Waals surface area contributed by atoms with E-state index >= 15 is 0 Å². The molecule has 0 aliphatic heterocycles. The molecule has 1 aliphatic rings. The topological polar surface area (TPSA) is 86.8 Å². The third-order valence-corrected chi connectivity index (χ3v) is 10.8. The Labute approximate surface area is 279 Å². The highest BCUT2D eigenvalue weighted by atomic mass is 32.2. The maximum Gasteiger partial charge on any atom is 0.264 e. The summed E-state index contributed by atoms with van der Waals surface area (Å²) in [4.78, 5) is 30.6. The summed E-state index contributed by atoms with van der Waals surface area (Å²) < 4.78 is 29.6. The molecule has 4 aromatic rings. The smallest absolute Gasteiger partial charge is 0.264 e. The van der Waals surface area contributed by atoms with Gasteiger partial charge in [-0.15, -0.1) is 0 Å². The summed E-state index contributed by atoms with van der Waals surface area (Å²) in [6.07, 6.45) is 5.39. The van der Waals surface area contributed by atoms with Gasteiger partial charge in [0.15, 0.2) is 0 Å². The average Bonchev–Trinajstić information content (AvgIpc) is 3.07. The number of carbonyl (C=O) groups is 2. The molecule has 2 amide bonds. The number of amides is 2. The van der Waals surface area contributed by atoms with E-state index in [1.165, 1.54) is 4.31 Å². The Morgan fingerprint density at radius 1 is 0.766 bits per heavy atom. The van der Waals surface area contributed by atoms with Crippen molar-refractivity contribution in [3.05, 3.63) is 131 Å². The monoisotopic (exact) mass is 651 g/mol. The number of rotatable bonds is 12. The van der Waals surface area contributed by atoms with Crippen LogP contribution in [0.5, 0.6) is 0 Å². The molecule has 246 valence electrons. The molecule has 5 rings (SSSR count). The maximum atomic E-state index is 14.7. The highest BCUT2D eigenvalue weighted by Crippen LogP contribution is 2.26. The van der Waals surface area contributed by atoms with Crippen LogP contribution < -0.4 is 9.62 Å². The molecule has 0 saturated heterocycles. The van der Waals surface area contributed by atoms with Crippen LogP contribution in [-0.2, 0) is 32.6 Å². The van der Waals surface area contributed by atoms with Crippen molar-refractivity contribution < 1.29 is 18.0 Å². The first kappa shape index (κ1) is 33.9. The van der Waals surface area contributed by atoms with E-state index in [2.05, 4.69) is 5.32 Å². The minimum atomic E-state index is -4.14. The molecule has 1 saturated carbocycles. The lowest BCUT2D eigenvalue weighted by molar-refractivity contribution is -0.140. The zero-order valence-corrected chi connectivity index (χ0v) is 28.4. The van der Waals surface area contributed by atoms with Gasteiger partial charge in [0, 0.05) is 19.0 Å². The van der Waals surface area contributed by atoms with Crippen LogP contribution in [-0.4, -0.2) is 43.8 Å². The molecule has 7 nitrogen and oxygen atoms in total. The molecule has 1 fully saturated rings. The molecule has 47 heavy (non-hydrogen) atoms. The van der Waals surface area contributed by atoms with Gasteiger partial charge in [-0.05, 0) is 74.6 Å². The van der Waals surface area contributed by atoms with Gasteiger partial charge in [0.25, 0.3) is 10.0 Å². The summed E-state index contributed by atoms with van der Waals surface area (Å²) in [5.74, 6) is -0.671. The predicted octanol–water partition coefficient (Wildman–Crippen LogP) is 6.90. The number of hydrogen-bond acceptors (Lipinski definition) is 4. The van der Waals surface area contributed by atoms with E-state index in [9.17, 15) is 18.0 Å². The van der Waals surface area contributed by atoms with Gasteiger partial charge >= 0.3 is 0 Å². The lowest BCUT2D eigenvalue weighted by Gasteiger charge is -2.35. The highest BCUT2D eigenvalue weighted by molar-refractivity contribution is 7.92. The number of anilines is 1. The largest absolute Gasteiger partial charge is 0.352 e. The van der Waals surface area contributed by atoms with Crippen LogP contribution in [0.4, 0.5) is 5.69 Å². The number of sulfonamides is 1. The van der Waals surface area contributed by atoms with Crippen LogP contribution in [0.2, 0.25) is 0 Å². The third kappa shape index (κ3) is 8.69. The standard InChI is InChI=1S/C39H45N3O4S/c1-29-18-22-35(23-19-29)42(47(45,46)36-24-20-30(2)21-25-36)28-38(43)41(27-33-15-11-10-12-31(33)3)37(26-32-13-6-4-7-14-32)39(44)40-34-16-8-5-9-17-34/h4,6-7,10-15,18-25,34,37H,5,8-9,16-17,26-28H2,1-3H3,(H,40,44)/t37-/m1/s1. The average molecular weight is 652 g/mol. The summed E-state index contributed by atoms with van der Waals surface area (Å²) >= 11 is 0. The quantitative estimate of drug-likeness (QED) is 0.181. The van der Waals surface area contributed by atoms with Crippen molar-refractivity contribution in [3.8, 4) is 0 Å². The summed E-state index contributed by atoms with van der Waals surface area (Å²) in [5, 5.41) is 3.26. The first-order valence-corrected chi connectivity index (χ1v) is 17.9. The molecule has 0 unspecified atom stereocenters. The first-order chi connectivity index (χ1) is 22.6. The number of nitrogens with zero attached hydrogens (tertiary/aromatic N) is 2. The molecular formula is C39H45N3O4S. The van der Waals surface area contributed by atoms with Gasteiger partial charge in [0.2, 0.25) is 11.8 Å². The zero-order chi connectivity index (χ0) is 33.4. The van der Waals surface area contributed by atoms with E-state index in [0.717, 1.165) is 59.9 Å². The lowest BCUT2D eigenvalue weighted by atomic mass is 9.94. The number of aryl methyl sites for hydroxylation is 3. The number of carbonyl (C=O) groups excluding carboxylic acids is 2. The van der Waals surface area contributed by atoms with Crippen LogP contribution >= 0.6 is 0 Å². The Morgan fingerprint density at radius 2 is 1.36 bits per heavy atom. The molecule has 1 aliphatic carbocycles. The summed E-state index contributed by atoms with van der Waals surface area (Å²) in [6.45, 7) is 5.50. The van der Waals surface area contributed by atoms with Crippen LogP contribution in [0.1, 0.15) is 59.9 Å². The minimum Gasteiger partial charge on any atom is -0.352 e. The van der Waals surface area contributed by atoms with E-state index in [4.69, 9.17) is 0 Å². The van der Waals surface area contributed by atoms with Crippen molar-refractivity contribution in [2.24, 2.45) is 0 Å². The van der Waals surface area contributed by atoms with Gasteiger partial charge < -0.3 is 10.2 Å².